The first kappa shape index (κ1) is 16.9. The van der Waals surface area contributed by atoms with Gasteiger partial charge in [-0.3, -0.25) is 14.4 Å². The molecule has 0 aliphatic carbocycles. The minimum atomic E-state index is -0.937. The lowest BCUT2D eigenvalue weighted by atomic mass is 10.00. The van der Waals surface area contributed by atoms with Gasteiger partial charge in [0.05, 0.1) is 6.10 Å². The van der Waals surface area contributed by atoms with Crippen molar-refractivity contribution >= 4 is 33.8 Å². The molecule has 0 N–H and O–H groups in total. The van der Waals surface area contributed by atoms with Crippen LogP contribution in [0.25, 0.3) is 0 Å². The lowest BCUT2D eigenvalue weighted by molar-refractivity contribution is -0.227. The van der Waals surface area contributed by atoms with Crippen LogP contribution in [0.4, 0.5) is 0 Å². The molecule has 0 amide bonds. The molecular formula is C12H17BrO7. The summed E-state index contributed by atoms with van der Waals surface area (Å²) in [7, 11) is 0. The Kier molecular flexibility index (Phi) is 5.94. The van der Waals surface area contributed by atoms with Crippen LogP contribution in [-0.2, 0) is 33.3 Å². The highest BCUT2D eigenvalue weighted by atomic mass is 79.9. The normalized spacial score (nSPS) is 33.1. The van der Waals surface area contributed by atoms with Gasteiger partial charge < -0.3 is 18.9 Å². The highest BCUT2D eigenvalue weighted by Gasteiger charge is 2.49. The number of ether oxygens (including phenoxy) is 4. The van der Waals surface area contributed by atoms with Crippen molar-refractivity contribution < 1.29 is 33.3 Å². The molecule has 1 fully saturated rings. The Bertz CT molecular complexity index is 369. The third-order valence-corrected chi connectivity index (χ3v) is 3.36. The number of hydrogen-bond donors (Lipinski definition) is 0. The molecule has 0 spiro atoms. The number of carbonyl (C=O) groups is 3. The molecule has 20 heavy (non-hydrogen) atoms. The van der Waals surface area contributed by atoms with Crippen LogP contribution in [0.3, 0.4) is 0 Å². The zero-order chi connectivity index (χ0) is 15.4. The summed E-state index contributed by atoms with van der Waals surface area (Å²) in [6.07, 6.45) is -3.22. The minimum Gasteiger partial charge on any atom is -0.456 e. The van der Waals surface area contributed by atoms with Gasteiger partial charge in [0.1, 0.15) is 0 Å². The smallest absolute Gasteiger partial charge is 0.303 e. The fourth-order valence-electron chi connectivity index (χ4n) is 1.96. The topological polar surface area (TPSA) is 88.1 Å². The van der Waals surface area contributed by atoms with Gasteiger partial charge in [-0.15, -0.1) is 0 Å². The molecule has 0 radical (unpaired) electrons. The highest BCUT2D eigenvalue weighted by Crippen LogP contribution is 2.31. The van der Waals surface area contributed by atoms with E-state index < -0.39 is 47.3 Å². The minimum absolute atomic E-state index is 0.528. The summed E-state index contributed by atoms with van der Waals surface area (Å²) in [5, 5.41) is -0.669. The Morgan fingerprint density at radius 2 is 1.25 bits per heavy atom. The lowest BCUT2D eigenvalue weighted by Gasteiger charge is -2.41. The van der Waals surface area contributed by atoms with E-state index in [2.05, 4.69) is 15.9 Å². The third kappa shape index (κ3) is 4.45. The fourth-order valence-corrected chi connectivity index (χ4v) is 2.70. The zero-order valence-electron chi connectivity index (χ0n) is 11.6. The standard InChI is InChI=1S/C12H17BrO7/c1-5-9(18-6(2)14)10(19-7(3)15)11(12(13)17-5)20-8(4)16/h5,9-12H,1-4H3/t5-,9+,10+,11+,12+/m0/s1. The molecule has 1 rings (SSSR count). The molecule has 1 aliphatic rings. The van der Waals surface area contributed by atoms with Crippen molar-refractivity contribution in [1.82, 2.24) is 0 Å². The highest BCUT2D eigenvalue weighted by molar-refractivity contribution is 9.09. The van der Waals surface area contributed by atoms with E-state index in [1.165, 1.54) is 20.8 Å². The molecule has 0 aromatic rings. The second-order valence-electron chi connectivity index (χ2n) is 4.41. The maximum atomic E-state index is 11.2. The largest absolute Gasteiger partial charge is 0.456 e. The van der Waals surface area contributed by atoms with Crippen LogP contribution < -0.4 is 0 Å². The van der Waals surface area contributed by atoms with Gasteiger partial charge in [0.15, 0.2) is 23.3 Å². The predicted octanol–water partition coefficient (Wildman–Crippen LogP) is 0.921. The first-order valence-corrected chi connectivity index (χ1v) is 6.95. The maximum absolute atomic E-state index is 11.2. The van der Waals surface area contributed by atoms with Crippen LogP contribution in [0.1, 0.15) is 27.7 Å². The molecule has 1 saturated heterocycles. The van der Waals surface area contributed by atoms with Crippen LogP contribution in [0.5, 0.6) is 0 Å². The van der Waals surface area contributed by atoms with Gasteiger partial charge in [-0.1, -0.05) is 15.9 Å². The average Bonchev–Trinajstić information content (AvgIpc) is 2.27. The number of rotatable bonds is 3. The summed E-state index contributed by atoms with van der Waals surface area (Å²) in [5.74, 6) is -1.67. The van der Waals surface area contributed by atoms with E-state index >= 15 is 0 Å². The number of halogens is 1. The van der Waals surface area contributed by atoms with Gasteiger partial charge in [0.2, 0.25) is 0 Å². The van der Waals surface area contributed by atoms with Crippen molar-refractivity contribution in [2.75, 3.05) is 0 Å². The number of alkyl halides is 1. The van der Waals surface area contributed by atoms with Gasteiger partial charge in [-0.05, 0) is 6.92 Å². The van der Waals surface area contributed by atoms with E-state index in [4.69, 9.17) is 18.9 Å². The quantitative estimate of drug-likeness (QED) is 0.424. The van der Waals surface area contributed by atoms with Crippen molar-refractivity contribution in [2.24, 2.45) is 0 Å². The Morgan fingerprint density at radius 1 is 0.850 bits per heavy atom. The summed E-state index contributed by atoms with van der Waals surface area (Å²) in [4.78, 5) is 33.5. The van der Waals surface area contributed by atoms with Gasteiger partial charge in [0.25, 0.3) is 0 Å². The van der Waals surface area contributed by atoms with Crippen molar-refractivity contribution in [3.63, 3.8) is 0 Å². The number of carbonyl (C=O) groups excluding carboxylic acids is 3. The van der Waals surface area contributed by atoms with Gasteiger partial charge >= 0.3 is 17.9 Å². The Balaban J connectivity index is 3.01. The number of hydrogen-bond acceptors (Lipinski definition) is 7. The molecule has 7 nitrogen and oxygen atoms in total. The second kappa shape index (κ2) is 7.03. The maximum Gasteiger partial charge on any atom is 0.303 e. The molecular weight excluding hydrogens is 336 g/mol. The van der Waals surface area contributed by atoms with E-state index in [-0.39, 0.29) is 0 Å². The van der Waals surface area contributed by atoms with E-state index in [1.807, 2.05) is 0 Å². The first-order chi connectivity index (χ1) is 9.22. The van der Waals surface area contributed by atoms with Gasteiger partial charge in [0, 0.05) is 20.8 Å². The Hall–Kier alpha value is -1.15. The molecule has 5 atom stereocenters. The predicted molar refractivity (Wildman–Crippen MR) is 69.9 cm³/mol. The van der Waals surface area contributed by atoms with E-state index in [1.54, 1.807) is 6.92 Å². The van der Waals surface area contributed by atoms with Gasteiger partial charge in [-0.2, -0.15) is 0 Å². The van der Waals surface area contributed by atoms with Crippen LogP contribution >= 0.6 is 15.9 Å². The monoisotopic (exact) mass is 352 g/mol. The molecule has 0 bridgehead atoms. The van der Waals surface area contributed by atoms with Crippen LogP contribution in [0.2, 0.25) is 0 Å². The lowest BCUT2D eigenvalue weighted by Crippen LogP contribution is -2.59. The Morgan fingerprint density at radius 3 is 1.70 bits per heavy atom. The molecule has 8 heteroatoms. The SMILES string of the molecule is CC(=O)O[C@H]1[C@@H](OC(C)=O)[C@H](Br)O[C@@H](C)[C@H]1OC(C)=O. The second-order valence-corrected chi connectivity index (χ2v) is 5.32. The van der Waals surface area contributed by atoms with E-state index in [0.29, 0.717) is 0 Å². The molecule has 0 saturated carbocycles. The van der Waals surface area contributed by atoms with Crippen LogP contribution in [0.15, 0.2) is 0 Å². The number of esters is 3. The molecule has 0 aromatic carbocycles. The summed E-state index contributed by atoms with van der Waals surface area (Å²) >= 11 is 3.22. The van der Waals surface area contributed by atoms with Crippen LogP contribution in [0, 0.1) is 0 Å². The molecule has 0 aromatic heterocycles. The zero-order valence-corrected chi connectivity index (χ0v) is 13.2. The average molecular weight is 353 g/mol. The van der Waals surface area contributed by atoms with Crippen molar-refractivity contribution in [3.8, 4) is 0 Å². The van der Waals surface area contributed by atoms with Crippen LogP contribution in [-0.4, -0.2) is 47.3 Å². The van der Waals surface area contributed by atoms with E-state index in [0.717, 1.165) is 0 Å². The summed E-state index contributed by atoms with van der Waals surface area (Å²) in [6, 6.07) is 0. The van der Waals surface area contributed by atoms with Gasteiger partial charge in [-0.25, -0.2) is 0 Å². The van der Waals surface area contributed by atoms with Crippen molar-refractivity contribution in [3.05, 3.63) is 0 Å². The first-order valence-electron chi connectivity index (χ1n) is 6.03. The molecule has 1 heterocycles. The summed E-state index contributed by atoms with van der Waals surface area (Å²) in [5.41, 5.74) is 0. The Labute approximate surface area is 125 Å². The van der Waals surface area contributed by atoms with E-state index in [9.17, 15) is 14.4 Å². The third-order valence-electron chi connectivity index (χ3n) is 2.62. The molecule has 1 aliphatic heterocycles. The van der Waals surface area contributed by atoms with Crippen molar-refractivity contribution in [1.29, 1.82) is 0 Å². The molecule has 0 unspecified atom stereocenters. The molecule has 114 valence electrons. The summed E-state index contributed by atoms with van der Waals surface area (Å²) in [6.45, 7) is 5.35. The summed E-state index contributed by atoms with van der Waals surface area (Å²) < 4.78 is 20.9. The van der Waals surface area contributed by atoms with Crippen molar-refractivity contribution in [2.45, 2.75) is 57.1 Å². The fraction of sp³-hybridized carbons (Fsp3) is 0.750.